The quantitative estimate of drug-likeness (QED) is 0.489. The molecule has 0 radical (unpaired) electrons. The number of hydrogen-bond acceptors (Lipinski definition) is 0. The maximum absolute atomic E-state index is 3.29. The zero-order valence-electron chi connectivity index (χ0n) is 7.45. The third-order valence-electron chi connectivity index (χ3n) is 1.58. The van der Waals surface area contributed by atoms with Gasteiger partial charge in [-0.3, -0.25) is 0 Å². The van der Waals surface area contributed by atoms with E-state index in [9.17, 15) is 0 Å². The van der Waals surface area contributed by atoms with E-state index in [1.165, 1.54) is 0 Å². The van der Waals surface area contributed by atoms with Crippen molar-refractivity contribution in [2.24, 2.45) is 5.41 Å². The predicted molar refractivity (Wildman–Crippen MR) is 54.8 cm³/mol. The highest BCUT2D eigenvalue weighted by Crippen LogP contribution is 2.17. The second-order valence-electron chi connectivity index (χ2n) is 3.06. The molecule has 0 aromatic carbocycles. The van der Waals surface area contributed by atoms with Gasteiger partial charge in [-0.1, -0.05) is 40.8 Å². The van der Waals surface area contributed by atoms with Gasteiger partial charge in [0.1, 0.15) is 0 Å². The van der Waals surface area contributed by atoms with E-state index in [0.717, 1.165) is 11.8 Å². The fourth-order valence-corrected chi connectivity index (χ4v) is 0.616. The minimum Gasteiger partial charge on any atom is -0.0923 e. The van der Waals surface area contributed by atoms with Crippen LogP contribution in [0.15, 0.2) is 12.2 Å². The van der Waals surface area contributed by atoms with Gasteiger partial charge in [0, 0.05) is 10.7 Å². The van der Waals surface area contributed by atoms with Crippen LogP contribution in [0.2, 0.25) is 0 Å². The Morgan fingerprint density at radius 3 is 2.55 bits per heavy atom. The Balaban J connectivity index is 3.96. The molecular weight excluding hydrogens is 200 g/mol. The molecule has 0 saturated carbocycles. The molecule has 0 N–H and O–H groups in total. The number of rotatable bonds is 2. The Kier molecular flexibility index (Phi) is 5.32. The monoisotopic (exact) mass is 214 g/mol. The van der Waals surface area contributed by atoms with Crippen LogP contribution in [0.5, 0.6) is 0 Å². The summed E-state index contributed by atoms with van der Waals surface area (Å²) in [6.45, 7) is 6.47. The average Bonchev–Trinajstić information content (AvgIpc) is 1.99. The van der Waals surface area contributed by atoms with Crippen molar-refractivity contribution in [1.82, 2.24) is 0 Å². The first kappa shape index (κ1) is 10.8. The van der Waals surface area contributed by atoms with Gasteiger partial charge in [-0.2, -0.15) is 0 Å². The first-order chi connectivity index (χ1) is 5.12. The van der Waals surface area contributed by atoms with Crippen molar-refractivity contribution in [3.8, 4) is 11.8 Å². The van der Waals surface area contributed by atoms with Crippen LogP contribution in [0.25, 0.3) is 0 Å². The summed E-state index contributed by atoms with van der Waals surface area (Å²) in [5, 5.41) is 0.883. The lowest BCUT2D eigenvalue weighted by Gasteiger charge is -2.12. The van der Waals surface area contributed by atoms with Crippen molar-refractivity contribution in [2.75, 3.05) is 5.33 Å². The number of alkyl halides is 1. The Morgan fingerprint density at radius 2 is 2.09 bits per heavy atom. The van der Waals surface area contributed by atoms with Gasteiger partial charge in [0.2, 0.25) is 0 Å². The Hall–Kier alpha value is -0.220. The van der Waals surface area contributed by atoms with E-state index in [1.54, 1.807) is 0 Å². The summed E-state index contributed by atoms with van der Waals surface area (Å²) in [5.74, 6) is 6.20. The molecule has 62 valence electrons. The maximum atomic E-state index is 3.29. The summed E-state index contributed by atoms with van der Waals surface area (Å²) in [4.78, 5) is 0. The van der Waals surface area contributed by atoms with Crippen molar-refractivity contribution < 1.29 is 0 Å². The van der Waals surface area contributed by atoms with Crippen LogP contribution in [-0.4, -0.2) is 5.33 Å². The van der Waals surface area contributed by atoms with Crippen LogP contribution in [0.1, 0.15) is 27.2 Å². The number of allylic oxidation sites excluding steroid dienone is 2. The van der Waals surface area contributed by atoms with E-state index in [2.05, 4.69) is 48.5 Å². The summed E-state index contributed by atoms with van der Waals surface area (Å²) >= 11 is 3.29. The Bertz CT molecular complexity index is 179. The predicted octanol–water partition coefficient (Wildman–Crippen LogP) is 3.38. The molecule has 0 heterocycles. The molecular formula is C10H15Br. The fourth-order valence-electron chi connectivity index (χ4n) is 0.429. The maximum Gasteiger partial charge on any atom is 0.0259 e. The van der Waals surface area contributed by atoms with Gasteiger partial charge < -0.3 is 0 Å². The Morgan fingerprint density at radius 1 is 1.45 bits per heavy atom. The summed E-state index contributed by atoms with van der Waals surface area (Å²) in [6, 6.07) is 0. The second kappa shape index (κ2) is 5.43. The third-order valence-corrected chi connectivity index (χ3v) is 1.96. The molecule has 0 rings (SSSR count). The molecule has 1 heteroatoms. The number of hydrogen-bond donors (Lipinski definition) is 0. The minimum absolute atomic E-state index is 0.163. The van der Waals surface area contributed by atoms with Gasteiger partial charge in [0.15, 0.2) is 0 Å². The molecule has 0 nitrogen and oxygen atoms in total. The topological polar surface area (TPSA) is 0 Å². The van der Waals surface area contributed by atoms with Crippen molar-refractivity contribution >= 4 is 15.9 Å². The van der Waals surface area contributed by atoms with E-state index >= 15 is 0 Å². The average molecular weight is 215 g/mol. The molecule has 0 atom stereocenters. The fraction of sp³-hybridized carbons (Fsp3) is 0.600. The molecule has 0 aromatic heterocycles. The Labute approximate surface area is 78.2 Å². The standard InChI is InChI=1S/C10H15Br/c1-4-10(2,3)8-6-5-7-9-11/h5,7H,4,9H2,1-3H3/b7-5+. The summed E-state index contributed by atoms with van der Waals surface area (Å²) in [5.41, 5.74) is 0.163. The third kappa shape index (κ3) is 6.19. The second-order valence-corrected chi connectivity index (χ2v) is 3.71. The molecule has 0 spiro atoms. The van der Waals surface area contributed by atoms with Crippen molar-refractivity contribution in [3.05, 3.63) is 12.2 Å². The zero-order valence-corrected chi connectivity index (χ0v) is 9.03. The van der Waals surface area contributed by atoms with E-state index in [-0.39, 0.29) is 5.41 Å². The lowest BCUT2D eigenvalue weighted by atomic mass is 9.91. The lowest BCUT2D eigenvalue weighted by molar-refractivity contribution is 0.485. The van der Waals surface area contributed by atoms with Crippen molar-refractivity contribution in [2.45, 2.75) is 27.2 Å². The van der Waals surface area contributed by atoms with Gasteiger partial charge in [-0.15, -0.1) is 0 Å². The van der Waals surface area contributed by atoms with Crippen LogP contribution in [0, 0.1) is 17.3 Å². The molecule has 0 saturated heterocycles. The van der Waals surface area contributed by atoms with Crippen molar-refractivity contribution in [1.29, 1.82) is 0 Å². The smallest absolute Gasteiger partial charge is 0.0259 e. The molecule has 0 fully saturated rings. The first-order valence-electron chi connectivity index (χ1n) is 3.86. The van der Waals surface area contributed by atoms with E-state index in [1.807, 2.05) is 12.2 Å². The van der Waals surface area contributed by atoms with E-state index in [4.69, 9.17) is 0 Å². The van der Waals surface area contributed by atoms with Gasteiger partial charge in [-0.05, 0) is 26.3 Å². The van der Waals surface area contributed by atoms with Gasteiger partial charge in [-0.25, -0.2) is 0 Å². The highest BCUT2D eigenvalue weighted by molar-refractivity contribution is 9.09. The normalized spacial score (nSPS) is 11.3. The molecule has 0 aliphatic heterocycles. The summed E-state index contributed by atoms with van der Waals surface area (Å²) < 4.78 is 0. The van der Waals surface area contributed by atoms with Crippen LogP contribution >= 0.6 is 15.9 Å². The summed E-state index contributed by atoms with van der Waals surface area (Å²) in [6.07, 6.45) is 4.99. The molecule has 0 aromatic rings. The van der Waals surface area contributed by atoms with Crippen molar-refractivity contribution in [3.63, 3.8) is 0 Å². The van der Waals surface area contributed by atoms with Crippen LogP contribution in [0.3, 0.4) is 0 Å². The highest BCUT2D eigenvalue weighted by atomic mass is 79.9. The highest BCUT2D eigenvalue weighted by Gasteiger charge is 2.08. The molecule has 0 amide bonds. The molecule has 0 aliphatic rings. The summed E-state index contributed by atoms with van der Waals surface area (Å²) in [7, 11) is 0. The lowest BCUT2D eigenvalue weighted by Crippen LogP contribution is -2.04. The molecule has 11 heavy (non-hydrogen) atoms. The molecule has 0 unspecified atom stereocenters. The largest absolute Gasteiger partial charge is 0.0923 e. The van der Waals surface area contributed by atoms with Crippen LogP contribution < -0.4 is 0 Å². The minimum atomic E-state index is 0.163. The first-order valence-corrected chi connectivity index (χ1v) is 4.98. The van der Waals surface area contributed by atoms with Gasteiger partial charge in [0.05, 0.1) is 0 Å². The van der Waals surface area contributed by atoms with E-state index < -0.39 is 0 Å². The number of halogens is 1. The molecule has 0 bridgehead atoms. The van der Waals surface area contributed by atoms with Gasteiger partial charge >= 0.3 is 0 Å². The van der Waals surface area contributed by atoms with Crippen LogP contribution in [0.4, 0.5) is 0 Å². The molecule has 0 aliphatic carbocycles. The van der Waals surface area contributed by atoms with E-state index in [0.29, 0.717) is 0 Å². The van der Waals surface area contributed by atoms with Gasteiger partial charge in [0.25, 0.3) is 0 Å². The SMILES string of the molecule is CCC(C)(C)C#C/C=C/CBr. The zero-order chi connectivity index (χ0) is 8.74. The van der Waals surface area contributed by atoms with Crippen LogP contribution in [-0.2, 0) is 0 Å².